The maximum atomic E-state index is 10.6. The molecular weight excluding hydrogens is 384 g/mol. The van der Waals surface area contributed by atoms with E-state index in [1.165, 1.54) is 11.8 Å². The van der Waals surface area contributed by atoms with Crippen LogP contribution in [0.25, 0.3) is 0 Å². The van der Waals surface area contributed by atoms with Crippen molar-refractivity contribution in [1.82, 2.24) is 14.8 Å². The average Bonchev–Trinajstić information content (AvgIpc) is 2.91. The predicted octanol–water partition coefficient (Wildman–Crippen LogP) is 1.77. The van der Waals surface area contributed by atoms with Crippen LogP contribution in [0.3, 0.4) is 0 Å². The van der Waals surface area contributed by atoms with Crippen molar-refractivity contribution >= 4 is 35.3 Å². The zero-order valence-electron chi connectivity index (χ0n) is 14.2. The van der Waals surface area contributed by atoms with Gasteiger partial charge in [0.15, 0.2) is 11.8 Å². The molecule has 1 aromatic carbocycles. The Labute approximate surface area is 159 Å². The molecule has 1 heterocycles. The van der Waals surface area contributed by atoms with Gasteiger partial charge in [0.2, 0.25) is 0 Å². The highest BCUT2D eigenvalue weighted by Crippen LogP contribution is 2.29. The molecule has 11 heteroatoms. The number of rotatable bonds is 7. The summed E-state index contributed by atoms with van der Waals surface area (Å²) in [4.78, 5) is 19.6. The number of halogens is 1. The molecule has 0 aliphatic heterocycles. The number of ether oxygens (including phenoxy) is 1. The normalized spacial score (nSPS) is 10.0. The van der Waals surface area contributed by atoms with Crippen LogP contribution in [0.2, 0.25) is 5.02 Å². The molecule has 4 N–H and O–H groups in total. The second kappa shape index (κ2) is 10.6. The van der Waals surface area contributed by atoms with Crippen molar-refractivity contribution in [2.45, 2.75) is 24.4 Å². The lowest BCUT2D eigenvalue weighted by molar-refractivity contribution is -0.139. The molecule has 0 amide bonds. The Morgan fingerprint density at radius 2 is 2.00 bits per heavy atom. The molecule has 0 bridgehead atoms. The summed E-state index contributed by atoms with van der Waals surface area (Å²) in [6.07, 6.45) is 0. The molecule has 0 unspecified atom stereocenters. The van der Waals surface area contributed by atoms with Crippen LogP contribution >= 0.6 is 23.4 Å². The highest BCUT2D eigenvalue weighted by molar-refractivity contribution is 7.98. The lowest BCUT2D eigenvalue weighted by Crippen LogP contribution is -2.10. The van der Waals surface area contributed by atoms with E-state index in [1.54, 1.807) is 18.2 Å². The smallest absolute Gasteiger partial charge is 0.341 e. The van der Waals surface area contributed by atoms with Gasteiger partial charge in [-0.05, 0) is 18.2 Å². The first kappa shape index (κ1) is 21.7. The number of thioether (sulfide) groups is 1. The van der Waals surface area contributed by atoms with E-state index in [0.29, 0.717) is 34.1 Å². The molecule has 1 aromatic heterocycles. The number of hydrogen-bond acceptors (Lipinski definition) is 7. The van der Waals surface area contributed by atoms with Gasteiger partial charge in [-0.2, -0.15) is 0 Å². The summed E-state index contributed by atoms with van der Waals surface area (Å²) in [5.74, 6) is -0.169. The molecule has 2 aromatic rings. The van der Waals surface area contributed by atoms with E-state index >= 15 is 0 Å². The van der Waals surface area contributed by atoms with E-state index < -0.39 is 18.5 Å². The van der Waals surface area contributed by atoms with Crippen LogP contribution in [0.5, 0.6) is 5.75 Å². The van der Waals surface area contributed by atoms with Crippen molar-refractivity contribution in [3.05, 3.63) is 34.6 Å². The monoisotopic (exact) mass is 402 g/mol. The van der Waals surface area contributed by atoms with Crippen LogP contribution in [0.1, 0.15) is 18.3 Å². The summed E-state index contributed by atoms with van der Waals surface area (Å²) < 4.78 is 7.08. The molecule has 0 spiro atoms. The quantitative estimate of drug-likeness (QED) is 0.590. The number of nitrogens with zero attached hydrogens (tertiary/aromatic N) is 3. The molecule has 142 valence electrons. The SMILES string of the molecule is CC(=O)O.Cn1c(CN)nnc1SCc1cc(Cl)ccc1OCC(=O)O. The maximum absolute atomic E-state index is 10.6. The second-order valence-corrected chi connectivity index (χ2v) is 6.28. The molecule has 0 radical (unpaired) electrons. The number of carboxylic acid groups (broad SMARTS) is 2. The molecule has 0 aliphatic rings. The van der Waals surface area contributed by atoms with E-state index in [1.807, 2.05) is 11.6 Å². The minimum atomic E-state index is -1.03. The highest BCUT2D eigenvalue weighted by Gasteiger charge is 2.11. The number of nitrogens with two attached hydrogens (primary N) is 1. The first-order chi connectivity index (χ1) is 12.2. The number of aromatic nitrogens is 3. The van der Waals surface area contributed by atoms with E-state index in [9.17, 15) is 4.79 Å². The van der Waals surface area contributed by atoms with Gasteiger partial charge in [0, 0.05) is 30.3 Å². The van der Waals surface area contributed by atoms with E-state index in [2.05, 4.69) is 10.2 Å². The van der Waals surface area contributed by atoms with Gasteiger partial charge in [0.05, 0.1) is 6.54 Å². The van der Waals surface area contributed by atoms with E-state index in [0.717, 1.165) is 12.5 Å². The average molecular weight is 403 g/mol. The highest BCUT2D eigenvalue weighted by atomic mass is 35.5. The van der Waals surface area contributed by atoms with Gasteiger partial charge in [0.25, 0.3) is 5.97 Å². The van der Waals surface area contributed by atoms with Crippen molar-refractivity contribution in [3.63, 3.8) is 0 Å². The van der Waals surface area contributed by atoms with E-state index in [4.69, 9.17) is 37.1 Å². The van der Waals surface area contributed by atoms with Crippen LogP contribution < -0.4 is 10.5 Å². The van der Waals surface area contributed by atoms with Gasteiger partial charge >= 0.3 is 5.97 Å². The van der Waals surface area contributed by atoms with Crippen molar-refractivity contribution in [2.24, 2.45) is 12.8 Å². The Balaban J connectivity index is 0.000000765. The van der Waals surface area contributed by atoms with Gasteiger partial charge in [-0.25, -0.2) is 4.79 Å². The maximum Gasteiger partial charge on any atom is 0.341 e. The lowest BCUT2D eigenvalue weighted by atomic mass is 10.2. The van der Waals surface area contributed by atoms with Crippen LogP contribution in [0, 0.1) is 0 Å². The van der Waals surface area contributed by atoms with Crippen LogP contribution in [0.15, 0.2) is 23.4 Å². The van der Waals surface area contributed by atoms with Gasteiger partial charge in [-0.1, -0.05) is 23.4 Å². The largest absolute Gasteiger partial charge is 0.482 e. The summed E-state index contributed by atoms with van der Waals surface area (Å²) in [6, 6.07) is 5.05. The van der Waals surface area contributed by atoms with Gasteiger partial charge in [-0.15, -0.1) is 10.2 Å². The first-order valence-electron chi connectivity index (χ1n) is 7.28. The summed E-state index contributed by atoms with van der Waals surface area (Å²) in [5.41, 5.74) is 6.35. The molecule has 9 nitrogen and oxygen atoms in total. The third-order valence-corrected chi connectivity index (χ3v) is 4.14. The molecule has 0 saturated carbocycles. The van der Waals surface area contributed by atoms with Crippen LogP contribution in [-0.4, -0.2) is 43.5 Å². The number of benzene rings is 1. The van der Waals surface area contributed by atoms with Crippen LogP contribution in [0.4, 0.5) is 0 Å². The Morgan fingerprint density at radius 3 is 2.54 bits per heavy atom. The lowest BCUT2D eigenvalue weighted by Gasteiger charge is -2.10. The zero-order valence-corrected chi connectivity index (χ0v) is 15.8. The second-order valence-electron chi connectivity index (χ2n) is 4.90. The van der Waals surface area contributed by atoms with Crippen molar-refractivity contribution < 1.29 is 24.5 Å². The number of carboxylic acids is 2. The Morgan fingerprint density at radius 1 is 1.35 bits per heavy atom. The summed E-state index contributed by atoms with van der Waals surface area (Å²) in [7, 11) is 1.84. The third kappa shape index (κ3) is 7.30. The summed E-state index contributed by atoms with van der Waals surface area (Å²) in [6.45, 7) is 0.995. The minimum absolute atomic E-state index is 0.314. The molecule has 0 fully saturated rings. The Hall–Kier alpha value is -2.30. The fourth-order valence-corrected chi connectivity index (χ4v) is 2.83. The predicted molar refractivity (Wildman–Crippen MR) is 96.3 cm³/mol. The fourth-order valence-electron chi connectivity index (χ4n) is 1.73. The topological polar surface area (TPSA) is 141 Å². The van der Waals surface area contributed by atoms with Crippen molar-refractivity contribution in [2.75, 3.05) is 6.61 Å². The third-order valence-electron chi connectivity index (χ3n) is 2.84. The Bertz CT molecular complexity index is 764. The Kier molecular flexibility index (Phi) is 8.90. The van der Waals surface area contributed by atoms with Crippen LogP contribution in [-0.2, 0) is 28.9 Å². The summed E-state index contributed by atoms with van der Waals surface area (Å²) in [5, 5.41) is 25.4. The number of carbonyl (C=O) groups is 2. The standard InChI is InChI=1S/C13H15ClN4O3S.C2H4O2/c1-18-11(5-15)16-17-13(18)22-7-8-4-9(14)2-3-10(8)21-6-12(19)20;1-2(3)4/h2-4H,5-7,15H2,1H3,(H,19,20);1H3,(H,3,4). The molecule has 26 heavy (non-hydrogen) atoms. The zero-order chi connectivity index (χ0) is 19.7. The first-order valence-corrected chi connectivity index (χ1v) is 8.64. The molecule has 2 rings (SSSR count). The van der Waals surface area contributed by atoms with Gasteiger partial charge < -0.3 is 25.3 Å². The number of aliphatic carboxylic acids is 2. The van der Waals surface area contributed by atoms with Crippen molar-refractivity contribution in [3.8, 4) is 5.75 Å². The molecule has 0 aliphatic carbocycles. The molecule has 0 saturated heterocycles. The number of hydrogen-bond donors (Lipinski definition) is 3. The van der Waals surface area contributed by atoms with Gasteiger partial charge in [0.1, 0.15) is 11.6 Å². The molecule has 0 atom stereocenters. The van der Waals surface area contributed by atoms with Gasteiger partial charge in [-0.3, -0.25) is 4.79 Å². The summed E-state index contributed by atoms with van der Waals surface area (Å²) >= 11 is 7.43. The molecular formula is C15H19ClN4O5S. The minimum Gasteiger partial charge on any atom is -0.482 e. The fraction of sp³-hybridized carbons (Fsp3) is 0.333. The van der Waals surface area contributed by atoms with E-state index in [-0.39, 0.29) is 0 Å². The van der Waals surface area contributed by atoms with Crippen molar-refractivity contribution in [1.29, 1.82) is 0 Å².